The van der Waals surface area contributed by atoms with Crippen molar-refractivity contribution in [2.45, 2.75) is 45.1 Å². The second-order valence-electron chi connectivity index (χ2n) is 5.11. The Bertz CT molecular complexity index is 444. The number of nitrogens with zero attached hydrogens (tertiary/aromatic N) is 1. The zero-order chi connectivity index (χ0) is 13.0. The van der Waals surface area contributed by atoms with Gasteiger partial charge in [0.05, 0.1) is 11.3 Å². The molecule has 0 aromatic heterocycles. The highest BCUT2D eigenvalue weighted by Crippen LogP contribution is 2.30. The van der Waals surface area contributed by atoms with E-state index >= 15 is 0 Å². The van der Waals surface area contributed by atoms with E-state index in [0.29, 0.717) is 11.6 Å². The van der Waals surface area contributed by atoms with E-state index < -0.39 is 0 Å². The third-order valence-electron chi connectivity index (χ3n) is 3.87. The summed E-state index contributed by atoms with van der Waals surface area (Å²) in [6.45, 7) is 2.23. The first-order valence-corrected chi connectivity index (χ1v) is 7.47. The second-order valence-corrected chi connectivity index (χ2v) is 5.96. The van der Waals surface area contributed by atoms with Gasteiger partial charge in [-0.3, -0.25) is 0 Å². The fourth-order valence-electron chi connectivity index (χ4n) is 2.76. The molecule has 2 rings (SSSR count). The van der Waals surface area contributed by atoms with Gasteiger partial charge in [0.15, 0.2) is 0 Å². The molecule has 1 aromatic rings. The Kier molecular flexibility index (Phi) is 4.66. The Labute approximate surface area is 118 Å². The Hall–Kier alpha value is -1.01. The van der Waals surface area contributed by atoms with Crippen molar-refractivity contribution in [1.82, 2.24) is 0 Å². The Morgan fingerprint density at radius 1 is 1.33 bits per heavy atom. The molecule has 0 heterocycles. The quantitative estimate of drug-likeness (QED) is 0.878. The standard InChI is InChI=1S/C15H19BrN2/c1-11(12-6-3-2-4-7-12)18-15-9-5-8-14(16)13(15)10-17/h5,8-9,11-12,18H,2-4,6-7H2,1H3. The molecule has 1 aliphatic carbocycles. The van der Waals surface area contributed by atoms with E-state index in [1.807, 2.05) is 18.2 Å². The maximum atomic E-state index is 9.20. The monoisotopic (exact) mass is 306 g/mol. The van der Waals surface area contributed by atoms with Crippen LogP contribution in [0.4, 0.5) is 5.69 Å². The van der Waals surface area contributed by atoms with Gasteiger partial charge in [-0.15, -0.1) is 0 Å². The first-order valence-electron chi connectivity index (χ1n) is 6.67. The molecule has 0 bridgehead atoms. The minimum absolute atomic E-state index is 0.437. The first-order chi connectivity index (χ1) is 8.72. The average Bonchev–Trinajstić information content (AvgIpc) is 2.40. The molecule has 1 saturated carbocycles. The number of benzene rings is 1. The van der Waals surface area contributed by atoms with Crippen LogP contribution in [0.5, 0.6) is 0 Å². The molecule has 0 amide bonds. The molecule has 1 aromatic carbocycles. The summed E-state index contributed by atoms with van der Waals surface area (Å²) in [4.78, 5) is 0. The lowest BCUT2D eigenvalue weighted by atomic mass is 9.84. The molecule has 0 radical (unpaired) electrons. The summed E-state index contributed by atoms with van der Waals surface area (Å²) in [6, 6.07) is 8.57. The van der Waals surface area contributed by atoms with Crippen molar-refractivity contribution in [2.24, 2.45) is 5.92 Å². The van der Waals surface area contributed by atoms with Crippen molar-refractivity contribution in [3.8, 4) is 6.07 Å². The summed E-state index contributed by atoms with van der Waals surface area (Å²) in [7, 11) is 0. The third kappa shape index (κ3) is 3.05. The molecule has 1 N–H and O–H groups in total. The first kappa shape index (κ1) is 13.4. The van der Waals surface area contributed by atoms with Crippen LogP contribution in [0.15, 0.2) is 22.7 Å². The largest absolute Gasteiger partial charge is 0.381 e. The summed E-state index contributed by atoms with van der Waals surface area (Å²) < 4.78 is 0.867. The van der Waals surface area contributed by atoms with E-state index in [1.165, 1.54) is 32.1 Å². The van der Waals surface area contributed by atoms with Crippen molar-refractivity contribution in [3.63, 3.8) is 0 Å². The van der Waals surface area contributed by atoms with Crippen molar-refractivity contribution in [2.75, 3.05) is 5.32 Å². The zero-order valence-electron chi connectivity index (χ0n) is 10.7. The van der Waals surface area contributed by atoms with Crippen LogP contribution in [0.3, 0.4) is 0 Å². The lowest BCUT2D eigenvalue weighted by Gasteiger charge is -2.29. The number of nitriles is 1. The molecule has 0 aliphatic heterocycles. The predicted octanol–water partition coefficient (Wildman–Crippen LogP) is 4.70. The fraction of sp³-hybridized carbons (Fsp3) is 0.533. The fourth-order valence-corrected chi connectivity index (χ4v) is 3.21. The van der Waals surface area contributed by atoms with E-state index in [-0.39, 0.29) is 0 Å². The number of halogens is 1. The van der Waals surface area contributed by atoms with Crippen molar-refractivity contribution in [1.29, 1.82) is 5.26 Å². The predicted molar refractivity (Wildman–Crippen MR) is 78.5 cm³/mol. The van der Waals surface area contributed by atoms with Gasteiger partial charge in [0, 0.05) is 10.5 Å². The van der Waals surface area contributed by atoms with Crippen LogP contribution in [0.1, 0.15) is 44.6 Å². The van der Waals surface area contributed by atoms with Crippen LogP contribution >= 0.6 is 15.9 Å². The maximum Gasteiger partial charge on any atom is 0.103 e. The van der Waals surface area contributed by atoms with Crippen molar-refractivity contribution in [3.05, 3.63) is 28.2 Å². The summed E-state index contributed by atoms with van der Waals surface area (Å²) in [5.74, 6) is 0.740. The summed E-state index contributed by atoms with van der Waals surface area (Å²) in [5, 5.41) is 12.7. The topological polar surface area (TPSA) is 35.8 Å². The molecular weight excluding hydrogens is 288 g/mol. The molecule has 3 heteroatoms. The molecule has 1 atom stereocenters. The van der Waals surface area contributed by atoms with E-state index in [1.54, 1.807) is 0 Å². The van der Waals surface area contributed by atoms with Gasteiger partial charge in [-0.25, -0.2) is 0 Å². The molecule has 96 valence electrons. The third-order valence-corrected chi connectivity index (χ3v) is 4.53. The van der Waals surface area contributed by atoms with Gasteiger partial charge in [-0.1, -0.05) is 25.3 Å². The number of hydrogen-bond donors (Lipinski definition) is 1. The lowest BCUT2D eigenvalue weighted by Crippen LogP contribution is -2.28. The van der Waals surface area contributed by atoms with Crippen LogP contribution < -0.4 is 5.32 Å². The van der Waals surface area contributed by atoms with Gasteiger partial charge in [-0.05, 0) is 53.7 Å². The Morgan fingerprint density at radius 3 is 2.72 bits per heavy atom. The van der Waals surface area contributed by atoms with Crippen LogP contribution in [0.2, 0.25) is 0 Å². The van der Waals surface area contributed by atoms with Gasteiger partial charge in [0.1, 0.15) is 6.07 Å². The smallest absolute Gasteiger partial charge is 0.103 e. The van der Waals surface area contributed by atoms with Gasteiger partial charge in [-0.2, -0.15) is 5.26 Å². The number of nitrogens with one attached hydrogen (secondary N) is 1. The van der Waals surface area contributed by atoms with Crippen LogP contribution in [-0.2, 0) is 0 Å². The average molecular weight is 307 g/mol. The minimum atomic E-state index is 0.437. The van der Waals surface area contributed by atoms with E-state index in [2.05, 4.69) is 34.2 Å². The summed E-state index contributed by atoms with van der Waals surface area (Å²) in [5.41, 5.74) is 1.66. The maximum absolute atomic E-state index is 9.20. The van der Waals surface area contributed by atoms with E-state index in [0.717, 1.165) is 16.1 Å². The van der Waals surface area contributed by atoms with Crippen LogP contribution in [0.25, 0.3) is 0 Å². The SMILES string of the molecule is CC(Nc1cccc(Br)c1C#N)C1CCCCC1. The highest BCUT2D eigenvalue weighted by Gasteiger charge is 2.20. The lowest BCUT2D eigenvalue weighted by molar-refractivity contribution is 0.328. The van der Waals surface area contributed by atoms with E-state index in [9.17, 15) is 5.26 Å². The number of rotatable bonds is 3. The van der Waals surface area contributed by atoms with E-state index in [4.69, 9.17) is 0 Å². The molecule has 0 spiro atoms. The molecule has 0 saturated heterocycles. The summed E-state index contributed by atoms with van der Waals surface area (Å²) >= 11 is 3.43. The molecule has 1 aliphatic rings. The Morgan fingerprint density at radius 2 is 2.06 bits per heavy atom. The molecule has 18 heavy (non-hydrogen) atoms. The van der Waals surface area contributed by atoms with Gasteiger partial charge < -0.3 is 5.32 Å². The molecular formula is C15H19BrN2. The van der Waals surface area contributed by atoms with Gasteiger partial charge >= 0.3 is 0 Å². The van der Waals surface area contributed by atoms with Crippen LogP contribution in [0, 0.1) is 17.2 Å². The Balaban J connectivity index is 2.09. The zero-order valence-corrected chi connectivity index (χ0v) is 12.3. The second kappa shape index (κ2) is 6.24. The van der Waals surface area contributed by atoms with Crippen LogP contribution in [-0.4, -0.2) is 6.04 Å². The summed E-state index contributed by atoms with van der Waals surface area (Å²) in [6.07, 6.45) is 6.69. The normalized spacial score (nSPS) is 18.1. The molecule has 1 unspecified atom stereocenters. The number of anilines is 1. The van der Waals surface area contributed by atoms with Crippen molar-refractivity contribution < 1.29 is 0 Å². The van der Waals surface area contributed by atoms with Gasteiger partial charge in [0.2, 0.25) is 0 Å². The highest BCUT2D eigenvalue weighted by atomic mass is 79.9. The highest BCUT2D eigenvalue weighted by molar-refractivity contribution is 9.10. The molecule has 2 nitrogen and oxygen atoms in total. The molecule has 1 fully saturated rings. The number of hydrogen-bond acceptors (Lipinski definition) is 2. The van der Waals surface area contributed by atoms with Gasteiger partial charge in [0.25, 0.3) is 0 Å². The van der Waals surface area contributed by atoms with Crippen molar-refractivity contribution >= 4 is 21.6 Å². The minimum Gasteiger partial charge on any atom is -0.381 e.